The van der Waals surface area contributed by atoms with E-state index in [0.717, 1.165) is 12.8 Å². The largest absolute Gasteiger partial charge is 0.465 e. The zero-order valence-electron chi connectivity index (χ0n) is 13.4. The number of furan rings is 1. The lowest BCUT2D eigenvalue weighted by molar-refractivity contribution is -0.143. The number of carbonyl (C=O) groups excluding carboxylic acids is 3. The Labute approximate surface area is 140 Å². The van der Waals surface area contributed by atoms with Crippen LogP contribution >= 0.6 is 0 Å². The van der Waals surface area contributed by atoms with Crippen LogP contribution in [0.3, 0.4) is 0 Å². The van der Waals surface area contributed by atoms with E-state index < -0.39 is 0 Å². The highest BCUT2D eigenvalue weighted by Crippen LogP contribution is 2.39. The average Bonchev–Trinajstić information content (AvgIpc) is 3.25. The van der Waals surface area contributed by atoms with Gasteiger partial charge in [-0.1, -0.05) is 0 Å². The summed E-state index contributed by atoms with van der Waals surface area (Å²) in [4.78, 5) is 39.9. The lowest BCUT2D eigenvalue weighted by Gasteiger charge is -2.41. The highest BCUT2D eigenvalue weighted by atomic mass is 16.3. The van der Waals surface area contributed by atoms with Crippen molar-refractivity contribution in [3.8, 4) is 0 Å². The molecule has 6 nitrogen and oxygen atoms in total. The van der Waals surface area contributed by atoms with Crippen LogP contribution in [0, 0.1) is 0 Å². The molecule has 3 atom stereocenters. The Balaban J connectivity index is 1.46. The van der Waals surface area contributed by atoms with Gasteiger partial charge in [-0.3, -0.25) is 19.3 Å². The predicted molar refractivity (Wildman–Crippen MR) is 85.5 cm³/mol. The van der Waals surface area contributed by atoms with E-state index in [1.54, 1.807) is 30.5 Å². The minimum Gasteiger partial charge on any atom is -0.465 e. The van der Waals surface area contributed by atoms with Gasteiger partial charge in [-0.2, -0.15) is 0 Å². The molecule has 0 aliphatic carbocycles. The third-order valence-electron chi connectivity index (χ3n) is 5.35. The quantitative estimate of drug-likeness (QED) is 0.628. The van der Waals surface area contributed by atoms with Gasteiger partial charge in [0.1, 0.15) is 5.76 Å². The Kier molecular flexibility index (Phi) is 3.75. The highest BCUT2D eigenvalue weighted by Gasteiger charge is 2.47. The second-order valence-electron chi connectivity index (χ2n) is 6.76. The summed E-state index contributed by atoms with van der Waals surface area (Å²) in [7, 11) is 0. The zero-order valence-corrected chi connectivity index (χ0v) is 13.4. The molecule has 0 spiro atoms. The van der Waals surface area contributed by atoms with Gasteiger partial charge in [-0.25, -0.2) is 0 Å². The Morgan fingerprint density at radius 1 is 1.08 bits per heavy atom. The van der Waals surface area contributed by atoms with Gasteiger partial charge in [-0.15, -0.1) is 0 Å². The Morgan fingerprint density at radius 3 is 2.33 bits per heavy atom. The molecule has 1 aromatic rings. The SMILES string of the molecule is O=C1CCC(=O)N1C1C[C@H]2CC[C@@H](C1)N2C(=O)/C=C/c1ccco1. The third-order valence-corrected chi connectivity index (χ3v) is 5.35. The lowest BCUT2D eigenvalue weighted by atomic mass is 9.95. The molecule has 4 rings (SSSR count). The number of carbonyl (C=O) groups is 3. The minimum atomic E-state index is -0.0538. The number of fused-ring (bicyclic) bond motifs is 2. The number of nitrogens with zero attached hydrogens (tertiary/aromatic N) is 2. The molecule has 3 saturated heterocycles. The normalized spacial score (nSPS) is 29.9. The lowest BCUT2D eigenvalue weighted by Crippen LogP contribution is -2.53. The molecule has 0 saturated carbocycles. The molecule has 24 heavy (non-hydrogen) atoms. The second-order valence-corrected chi connectivity index (χ2v) is 6.76. The zero-order chi connectivity index (χ0) is 16.7. The number of imide groups is 1. The summed E-state index contributed by atoms with van der Waals surface area (Å²) >= 11 is 0. The molecular formula is C18H20N2O4. The molecule has 2 bridgehead atoms. The maximum Gasteiger partial charge on any atom is 0.247 e. The van der Waals surface area contributed by atoms with Crippen molar-refractivity contribution in [2.24, 2.45) is 0 Å². The van der Waals surface area contributed by atoms with E-state index in [-0.39, 0.29) is 35.8 Å². The molecule has 3 amide bonds. The average molecular weight is 328 g/mol. The highest BCUT2D eigenvalue weighted by molar-refractivity contribution is 6.02. The topological polar surface area (TPSA) is 70.8 Å². The molecule has 3 aliphatic rings. The third kappa shape index (κ3) is 2.56. The number of rotatable bonds is 3. The van der Waals surface area contributed by atoms with E-state index in [0.29, 0.717) is 31.4 Å². The summed E-state index contributed by atoms with van der Waals surface area (Å²) in [5, 5.41) is 0. The van der Waals surface area contributed by atoms with Crippen LogP contribution in [0.25, 0.3) is 6.08 Å². The number of amides is 3. The van der Waals surface area contributed by atoms with Crippen LogP contribution in [0.5, 0.6) is 0 Å². The fourth-order valence-corrected chi connectivity index (χ4v) is 4.35. The molecule has 0 radical (unpaired) electrons. The number of piperidine rings is 1. The first-order chi connectivity index (χ1) is 11.6. The summed E-state index contributed by atoms with van der Waals surface area (Å²) in [6.45, 7) is 0. The standard InChI is InChI=1S/C18H20N2O4/c21-16(6-5-15-2-1-9-24-15)19-12-3-4-13(19)11-14(10-12)20-17(22)7-8-18(20)23/h1-2,5-6,9,12-14H,3-4,7-8,10-11H2/b6-5+/t12-,13+,14?. The fourth-order valence-electron chi connectivity index (χ4n) is 4.35. The summed E-state index contributed by atoms with van der Waals surface area (Å²) in [6.07, 6.45) is 8.76. The van der Waals surface area contributed by atoms with Gasteiger partial charge in [0.2, 0.25) is 17.7 Å². The summed E-state index contributed by atoms with van der Waals surface area (Å²) < 4.78 is 5.21. The van der Waals surface area contributed by atoms with Gasteiger partial charge >= 0.3 is 0 Å². The molecule has 1 unspecified atom stereocenters. The van der Waals surface area contributed by atoms with E-state index in [1.807, 2.05) is 4.90 Å². The van der Waals surface area contributed by atoms with Crippen molar-refractivity contribution >= 4 is 23.8 Å². The van der Waals surface area contributed by atoms with Gasteiger partial charge in [0, 0.05) is 37.0 Å². The Hall–Kier alpha value is -2.37. The monoisotopic (exact) mass is 328 g/mol. The first-order valence-electron chi connectivity index (χ1n) is 8.52. The van der Waals surface area contributed by atoms with Crippen molar-refractivity contribution in [1.29, 1.82) is 0 Å². The van der Waals surface area contributed by atoms with Crippen molar-refractivity contribution in [3.05, 3.63) is 30.2 Å². The summed E-state index contributed by atoms with van der Waals surface area (Å²) in [6, 6.07) is 3.77. The number of likely N-dealkylation sites (tertiary alicyclic amines) is 1. The van der Waals surface area contributed by atoms with Gasteiger partial charge in [0.25, 0.3) is 0 Å². The van der Waals surface area contributed by atoms with Crippen molar-refractivity contribution < 1.29 is 18.8 Å². The maximum atomic E-state index is 12.6. The predicted octanol–water partition coefficient (Wildman–Crippen LogP) is 1.96. The van der Waals surface area contributed by atoms with Gasteiger partial charge < -0.3 is 9.32 Å². The summed E-state index contributed by atoms with van der Waals surface area (Å²) in [5.74, 6) is 0.527. The first-order valence-corrected chi connectivity index (χ1v) is 8.52. The van der Waals surface area contributed by atoms with Gasteiger partial charge in [-0.05, 0) is 43.9 Å². The van der Waals surface area contributed by atoms with E-state index >= 15 is 0 Å². The van der Waals surface area contributed by atoms with Gasteiger partial charge in [0.15, 0.2) is 0 Å². The van der Waals surface area contributed by atoms with Crippen LogP contribution in [0.1, 0.15) is 44.3 Å². The van der Waals surface area contributed by atoms with Crippen LogP contribution in [0.2, 0.25) is 0 Å². The molecule has 126 valence electrons. The number of hydrogen-bond acceptors (Lipinski definition) is 4. The summed E-state index contributed by atoms with van der Waals surface area (Å²) in [5.41, 5.74) is 0. The van der Waals surface area contributed by atoms with E-state index in [9.17, 15) is 14.4 Å². The van der Waals surface area contributed by atoms with E-state index in [4.69, 9.17) is 4.42 Å². The second kappa shape index (κ2) is 5.92. The molecule has 3 fully saturated rings. The fraction of sp³-hybridized carbons (Fsp3) is 0.500. The molecule has 0 N–H and O–H groups in total. The van der Waals surface area contributed by atoms with Gasteiger partial charge in [0.05, 0.1) is 6.26 Å². The minimum absolute atomic E-state index is 0.0172. The molecular weight excluding hydrogens is 308 g/mol. The molecule has 3 aliphatic heterocycles. The van der Waals surface area contributed by atoms with Crippen molar-refractivity contribution in [3.63, 3.8) is 0 Å². The van der Waals surface area contributed by atoms with Crippen molar-refractivity contribution in [1.82, 2.24) is 9.80 Å². The molecule has 6 heteroatoms. The first kappa shape index (κ1) is 15.2. The van der Waals surface area contributed by atoms with Crippen LogP contribution in [-0.4, -0.2) is 45.6 Å². The maximum absolute atomic E-state index is 12.6. The number of hydrogen-bond donors (Lipinski definition) is 0. The Morgan fingerprint density at radius 2 is 1.75 bits per heavy atom. The van der Waals surface area contributed by atoms with Crippen LogP contribution in [0.4, 0.5) is 0 Å². The Bertz CT molecular complexity index is 664. The smallest absolute Gasteiger partial charge is 0.247 e. The van der Waals surface area contributed by atoms with Crippen LogP contribution in [0.15, 0.2) is 28.9 Å². The van der Waals surface area contributed by atoms with Crippen molar-refractivity contribution in [2.75, 3.05) is 0 Å². The van der Waals surface area contributed by atoms with E-state index in [2.05, 4.69) is 0 Å². The van der Waals surface area contributed by atoms with Crippen LogP contribution < -0.4 is 0 Å². The van der Waals surface area contributed by atoms with Crippen molar-refractivity contribution in [2.45, 2.75) is 56.7 Å². The molecule has 1 aromatic heterocycles. The molecule has 4 heterocycles. The molecule has 0 aromatic carbocycles. The van der Waals surface area contributed by atoms with E-state index in [1.165, 1.54) is 4.90 Å². The van der Waals surface area contributed by atoms with Crippen LogP contribution in [-0.2, 0) is 14.4 Å².